The normalized spacial score (nSPS) is 11.1. The lowest BCUT2D eigenvalue weighted by atomic mass is 10.2. The quantitative estimate of drug-likeness (QED) is 0.798. The second-order valence-corrected chi connectivity index (χ2v) is 3.98. The van der Waals surface area contributed by atoms with Gasteiger partial charge in [-0.25, -0.2) is 13.8 Å². The van der Waals surface area contributed by atoms with Gasteiger partial charge in [-0.05, 0) is 12.1 Å². The van der Waals surface area contributed by atoms with E-state index >= 15 is 0 Å². The molecule has 1 aromatic heterocycles. The lowest BCUT2D eigenvalue weighted by molar-refractivity contribution is 0.0670. The number of aromatic nitrogens is 2. The number of rotatable bonds is 4. The number of hydrogen-bond acceptors (Lipinski definition) is 2. The third-order valence-corrected chi connectivity index (χ3v) is 2.68. The average Bonchev–Trinajstić information content (AvgIpc) is 2.80. The maximum Gasteiger partial charge on any atom is 0.319 e. The SMILES string of the molecule is CN(Cc1nccn1C(F)F)c1ccc(F)c(F)c1. The van der Waals surface area contributed by atoms with Crippen molar-refractivity contribution in [1.29, 1.82) is 0 Å². The molecular formula is C12H11F4N3. The van der Waals surface area contributed by atoms with Crippen molar-refractivity contribution < 1.29 is 17.6 Å². The van der Waals surface area contributed by atoms with Crippen molar-refractivity contribution in [2.75, 3.05) is 11.9 Å². The Morgan fingerprint density at radius 1 is 1.26 bits per heavy atom. The zero-order chi connectivity index (χ0) is 14.0. The van der Waals surface area contributed by atoms with Gasteiger partial charge < -0.3 is 4.90 Å². The highest BCUT2D eigenvalue weighted by Crippen LogP contribution is 2.20. The molecule has 0 aliphatic carbocycles. The van der Waals surface area contributed by atoms with Crippen LogP contribution in [0.5, 0.6) is 0 Å². The molecule has 102 valence electrons. The third kappa shape index (κ3) is 2.86. The maximum absolute atomic E-state index is 13.1. The first kappa shape index (κ1) is 13.4. The summed E-state index contributed by atoms with van der Waals surface area (Å²) in [6.07, 6.45) is 2.43. The maximum atomic E-state index is 13.1. The second kappa shape index (κ2) is 5.29. The number of imidazole rings is 1. The molecule has 2 aromatic rings. The first-order chi connectivity index (χ1) is 8.99. The number of benzene rings is 1. The number of anilines is 1. The summed E-state index contributed by atoms with van der Waals surface area (Å²) in [5.74, 6) is -1.80. The molecule has 0 saturated heterocycles. The minimum atomic E-state index is -2.68. The lowest BCUT2D eigenvalue weighted by Crippen LogP contribution is -2.20. The Bertz CT molecular complexity index is 568. The summed E-state index contributed by atoms with van der Waals surface area (Å²) in [7, 11) is 1.58. The topological polar surface area (TPSA) is 21.1 Å². The summed E-state index contributed by atoms with van der Waals surface area (Å²) < 4.78 is 51.9. The highest BCUT2D eigenvalue weighted by Gasteiger charge is 2.14. The van der Waals surface area contributed by atoms with Crippen molar-refractivity contribution in [3.05, 3.63) is 48.1 Å². The fourth-order valence-corrected chi connectivity index (χ4v) is 1.67. The van der Waals surface area contributed by atoms with Gasteiger partial charge in [0.25, 0.3) is 0 Å². The van der Waals surface area contributed by atoms with E-state index < -0.39 is 18.2 Å². The van der Waals surface area contributed by atoms with E-state index in [4.69, 9.17) is 0 Å². The number of alkyl halides is 2. The first-order valence-corrected chi connectivity index (χ1v) is 5.45. The van der Waals surface area contributed by atoms with E-state index in [1.165, 1.54) is 23.4 Å². The molecule has 0 N–H and O–H groups in total. The fraction of sp³-hybridized carbons (Fsp3) is 0.250. The molecular weight excluding hydrogens is 262 g/mol. The van der Waals surface area contributed by atoms with Gasteiger partial charge >= 0.3 is 6.55 Å². The molecule has 0 amide bonds. The monoisotopic (exact) mass is 273 g/mol. The zero-order valence-electron chi connectivity index (χ0n) is 10.0. The lowest BCUT2D eigenvalue weighted by Gasteiger charge is -2.19. The largest absolute Gasteiger partial charge is 0.367 e. The Hall–Kier alpha value is -2.05. The predicted octanol–water partition coefficient (Wildman–Crippen LogP) is 3.19. The fourth-order valence-electron chi connectivity index (χ4n) is 1.67. The van der Waals surface area contributed by atoms with Gasteiger partial charge in [0.1, 0.15) is 5.82 Å². The van der Waals surface area contributed by atoms with E-state index in [0.717, 1.165) is 16.7 Å². The van der Waals surface area contributed by atoms with E-state index in [2.05, 4.69) is 4.98 Å². The molecule has 0 aliphatic rings. The Labute approximate surface area is 107 Å². The summed E-state index contributed by atoms with van der Waals surface area (Å²) in [4.78, 5) is 5.32. The van der Waals surface area contributed by atoms with Crippen LogP contribution in [0.3, 0.4) is 0 Å². The molecule has 7 heteroatoms. The molecule has 0 fully saturated rings. The molecule has 0 saturated carbocycles. The standard InChI is InChI=1S/C12H11F4N3/c1-18(8-2-3-9(13)10(14)6-8)7-11-17-4-5-19(11)12(15)16/h2-6,12H,7H2,1H3. The molecule has 19 heavy (non-hydrogen) atoms. The van der Waals surface area contributed by atoms with Crippen LogP contribution in [0.2, 0.25) is 0 Å². The van der Waals surface area contributed by atoms with Crippen molar-refractivity contribution in [3.8, 4) is 0 Å². The van der Waals surface area contributed by atoms with Gasteiger partial charge in [-0.15, -0.1) is 0 Å². The third-order valence-electron chi connectivity index (χ3n) is 2.68. The Kier molecular flexibility index (Phi) is 3.73. The van der Waals surface area contributed by atoms with Crippen LogP contribution < -0.4 is 4.90 Å². The van der Waals surface area contributed by atoms with Crippen molar-refractivity contribution >= 4 is 5.69 Å². The number of nitrogens with zero attached hydrogens (tertiary/aromatic N) is 3. The Morgan fingerprint density at radius 2 is 2.00 bits per heavy atom. The summed E-state index contributed by atoms with van der Waals surface area (Å²) in [5.41, 5.74) is 0.378. The van der Waals surface area contributed by atoms with Crippen molar-refractivity contribution in [3.63, 3.8) is 0 Å². The van der Waals surface area contributed by atoms with Crippen LogP contribution >= 0.6 is 0 Å². The van der Waals surface area contributed by atoms with Crippen LogP contribution in [-0.2, 0) is 6.54 Å². The highest BCUT2D eigenvalue weighted by atomic mass is 19.3. The van der Waals surface area contributed by atoms with Gasteiger partial charge in [0, 0.05) is 31.2 Å². The van der Waals surface area contributed by atoms with Crippen molar-refractivity contribution in [1.82, 2.24) is 9.55 Å². The molecule has 1 heterocycles. The zero-order valence-corrected chi connectivity index (χ0v) is 10.0. The summed E-state index contributed by atoms with van der Waals surface area (Å²) in [5, 5.41) is 0. The van der Waals surface area contributed by atoms with Gasteiger partial charge in [-0.2, -0.15) is 8.78 Å². The summed E-state index contributed by atoms with van der Waals surface area (Å²) >= 11 is 0. The van der Waals surface area contributed by atoms with E-state index in [0.29, 0.717) is 5.69 Å². The van der Waals surface area contributed by atoms with Gasteiger partial charge in [0.2, 0.25) is 0 Å². The van der Waals surface area contributed by atoms with E-state index in [-0.39, 0.29) is 12.4 Å². The summed E-state index contributed by atoms with van der Waals surface area (Å²) in [6.45, 7) is -2.63. The smallest absolute Gasteiger partial charge is 0.319 e. The van der Waals surface area contributed by atoms with Crippen LogP contribution in [0, 0.1) is 11.6 Å². The molecule has 0 atom stereocenters. The second-order valence-electron chi connectivity index (χ2n) is 3.98. The summed E-state index contributed by atoms with van der Waals surface area (Å²) in [6, 6.07) is 3.36. The Morgan fingerprint density at radius 3 is 2.63 bits per heavy atom. The molecule has 0 aliphatic heterocycles. The molecule has 1 aromatic carbocycles. The minimum Gasteiger partial charge on any atom is -0.367 e. The molecule has 0 unspecified atom stereocenters. The molecule has 0 spiro atoms. The van der Waals surface area contributed by atoms with Gasteiger partial charge in [0.15, 0.2) is 11.6 Å². The first-order valence-electron chi connectivity index (χ1n) is 5.45. The van der Waals surface area contributed by atoms with E-state index in [9.17, 15) is 17.6 Å². The van der Waals surface area contributed by atoms with Crippen LogP contribution in [0.25, 0.3) is 0 Å². The van der Waals surface area contributed by atoms with Crippen LogP contribution in [0.15, 0.2) is 30.6 Å². The molecule has 2 rings (SSSR count). The van der Waals surface area contributed by atoms with Crippen LogP contribution in [-0.4, -0.2) is 16.6 Å². The van der Waals surface area contributed by atoms with Crippen LogP contribution in [0.4, 0.5) is 23.2 Å². The molecule has 0 bridgehead atoms. The Balaban J connectivity index is 2.18. The van der Waals surface area contributed by atoms with Gasteiger partial charge in [0.05, 0.1) is 6.54 Å². The van der Waals surface area contributed by atoms with E-state index in [1.54, 1.807) is 7.05 Å². The van der Waals surface area contributed by atoms with Gasteiger partial charge in [-0.3, -0.25) is 4.57 Å². The molecule has 3 nitrogen and oxygen atoms in total. The van der Waals surface area contributed by atoms with Crippen molar-refractivity contribution in [2.45, 2.75) is 13.1 Å². The van der Waals surface area contributed by atoms with E-state index in [1.807, 2.05) is 0 Å². The average molecular weight is 273 g/mol. The van der Waals surface area contributed by atoms with Crippen LogP contribution in [0.1, 0.15) is 12.4 Å². The minimum absolute atomic E-state index is 0.0579. The highest BCUT2D eigenvalue weighted by molar-refractivity contribution is 5.45. The number of halogens is 4. The van der Waals surface area contributed by atoms with Crippen molar-refractivity contribution in [2.24, 2.45) is 0 Å². The number of hydrogen-bond donors (Lipinski definition) is 0. The predicted molar refractivity (Wildman–Crippen MR) is 61.9 cm³/mol. The molecule has 0 radical (unpaired) electrons. The van der Waals surface area contributed by atoms with Gasteiger partial charge in [-0.1, -0.05) is 0 Å².